The fourth-order valence-electron chi connectivity index (χ4n) is 2.99. The minimum atomic E-state index is -1.14. The van der Waals surface area contributed by atoms with E-state index < -0.39 is 12.1 Å². The molecule has 0 spiro atoms. The molecule has 7 heteroatoms. The number of aromatic nitrogens is 3. The standard InChI is InChI=1S/C21H16N4O3/c22-20-17(23-10-11-24-20)21(27)28-19(13-6-2-1-3-7-13)18(26)15-12-25-16-9-5-4-8-14(15)16/h1-12,19,25H,(H2,22,24)/t19-/m1/s1. The molecule has 1 atom stereocenters. The number of esters is 1. The van der Waals surface area contributed by atoms with E-state index in [9.17, 15) is 9.59 Å². The van der Waals surface area contributed by atoms with Crippen molar-refractivity contribution < 1.29 is 14.3 Å². The molecule has 2 aromatic heterocycles. The molecule has 2 aromatic carbocycles. The Hall–Kier alpha value is -4.00. The molecule has 28 heavy (non-hydrogen) atoms. The molecule has 7 nitrogen and oxygen atoms in total. The Morgan fingerprint density at radius 2 is 1.68 bits per heavy atom. The van der Waals surface area contributed by atoms with Crippen LogP contribution in [0.25, 0.3) is 10.9 Å². The maximum absolute atomic E-state index is 13.3. The minimum Gasteiger partial charge on any atom is -0.444 e. The third-order valence-electron chi connectivity index (χ3n) is 4.34. The summed E-state index contributed by atoms with van der Waals surface area (Å²) in [5, 5.41) is 0.753. The number of para-hydroxylation sites is 1. The van der Waals surface area contributed by atoms with Crippen LogP contribution in [0.15, 0.2) is 73.2 Å². The zero-order valence-corrected chi connectivity index (χ0v) is 14.7. The van der Waals surface area contributed by atoms with Crippen LogP contribution in [0.5, 0.6) is 0 Å². The molecule has 0 aliphatic carbocycles. The van der Waals surface area contributed by atoms with Gasteiger partial charge in [0.15, 0.2) is 17.6 Å². The van der Waals surface area contributed by atoms with Crippen LogP contribution in [0.2, 0.25) is 0 Å². The number of rotatable bonds is 5. The van der Waals surface area contributed by atoms with Crippen LogP contribution in [0.1, 0.15) is 32.5 Å². The second-order valence-electron chi connectivity index (χ2n) is 6.10. The molecule has 0 aliphatic heterocycles. The number of nitrogens with two attached hydrogens (primary N) is 1. The summed E-state index contributed by atoms with van der Waals surface area (Å²) in [6, 6.07) is 16.2. The summed E-state index contributed by atoms with van der Waals surface area (Å²) in [6.45, 7) is 0. The third kappa shape index (κ3) is 3.21. The second-order valence-corrected chi connectivity index (χ2v) is 6.10. The molecule has 0 radical (unpaired) electrons. The van der Waals surface area contributed by atoms with E-state index in [2.05, 4.69) is 15.0 Å². The molecule has 4 rings (SSSR count). The molecule has 138 valence electrons. The third-order valence-corrected chi connectivity index (χ3v) is 4.34. The summed E-state index contributed by atoms with van der Waals surface area (Å²) >= 11 is 0. The lowest BCUT2D eigenvalue weighted by atomic mass is 9.99. The van der Waals surface area contributed by atoms with Crippen LogP contribution < -0.4 is 5.73 Å². The zero-order chi connectivity index (χ0) is 19.5. The van der Waals surface area contributed by atoms with Crippen molar-refractivity contribution in [3.63, 3.8) is 0 Å². The number of ketones is 1. The predicted molar refractivity (Wildman–Crippen MR) is 104 cm³/mol. The number of hydrogen-bond donors (Lipinski definition) is 2. The molecule has 0 unspecified atom stereocenters. The van der Waals surface area contributed by atoms with E-state index in [0.29, 0.717) is 11.1 Å². The fourth-order valence-corrected chi connectivity index (χ4v) is 2.99. The lowest BCUT2D eigenvalue weighted by Gasteiger charge is -2.17. The van der Waals surface area contributed by atoms with Crippen LogP contribution in [-0.4, -0.2) is 26.7 Å². The van der Waals surface area contributed by atoms with Gasteiger partial charge in [-0.25, -0.2) is 14.8 Å². The molecule has 2 heterocycles. The summed E-state index contributed by atoms with van der Waals surface area (Å²) < 4.78 is 5.55. The molecule has 4 aromatic rings. The second kappa shape index (κ2) is 7.32. The maximum Gasteiger partial charge on any atom is 0.361 e. The lowest BCUT2D eigenvalue weighted by Crippen LogP contribution is -2.21. The van der Waals surface area contributed by atoms with Gasteiger partial charge in [-0.2, -0.15) is 0 Å². The van der Waals surface area contributed by atoms with Crippen molar-refractivity contribution in [1.82, 2.24) is 15.0 Å². The quantitative estimate of drug-likeness (QED) is 0.411. The van der Waals surface area contributed by atoms with Gasteiger partial charge in [-0.1, -0.05) is 48.5 Å². The van der Waals surface area contributed by atoms with Gasteiger partial charge in [0.1, 0.15) is 0 Å². The molecule has 0 saturated carbocycles. The first-order chi connectivity index (χ1) is 13.6. The molecule has 0 bridgehead atoms. The summed E-state index contributed by atoms with van der Waals surface area (Å²) in [7, 11) is 0. The Morgan fingerprint density at radius 3 is 2.46 bits per heavy atom. The highest BCUT2D eigenvalue weighted by Gasteiger charge is 2.29. The summed E-state index contributed by atoms with van der Waals surface area (Å²) in [6.07, 6.45) is 3.19. The number of nitrogen functional groups attached to an aromatic ring is 1. The van der Waals surface area contributed by atoms with Crippen molar-refractivity contribution in [2.24, 2.45) is 0 Å². The molecule has 0 saturated heterocycles. The van der Waals surface area contributed by atoms with E-state index in [0.717, 1.165) is 10.9 Å². The van der Waals surface area contributed by atoms with Crippen molar-refractivity contribution in [3.05, 3.63) is 90.0 Å². The summed E-state index contributed by atoms with van der Waals surface area (Å²) in [4.78, 5) is 36.8. The van der Waals surface area contributed by atoms with Crippen LogP contribution in [-0.2, 0) is 4.74 Å². The fraction of sp³-hybridized carbons (Fsp3) is 0.0476. The SMILES string of the molecule is Nc1nccnc1C(=O)O[C@@H](C(=O)c1c[nH]c2ccccc12)c1ccccc1. The van der Waals surface area contributed by atoms with Crippen LogP contribution in [0.4, 0.5) is 5.82 Å². The normalized spacial score (nSPS) is 11.9. The smallest absolute Gasteiger partial charge is 0.361 e. The zero-order valence-electron chi connectivity index (χ0n) is 14.7. The van der Waals surface area contributed by atoms with E-state index in [-0.39, 0.29) is 17.3 Å². The molecule has 0 aliphatic rings. The predicted octanol–water partition coefficient (Wildman–Crippen LogP) is 3.32. The van der Waals surface area contributed by atoms with Crippen molar-refractivity contribution in [2.75, 3.05) is 5.73 Å². The molecule has 0 fully saturated rings. The van der Waals surface area contributed by atoms with Gasteiger partial charge in [-0.3, -0.25) is 4.79 Å². The van der Waals surface area contributed by atoms with Gasteiger partial charge >= 0.3 is 5.97 Å². The van der Waals surface area contributed by atoms with Crippen molar-refractivity contribution in [1.29, 1.82) is 0 Å². The Bertz CT molecular complexity index is 1150. The average Bonchev–Trinajstić information content (AvgIpc) is 3.16. The van der Waals surface area contributed by atoms with Gasteiger partial charge in [-0.15, -0.1) is 0 Å². The van der Waals surface area contributed by atoms with E-state index >= 15 is 0 Å². The number of hydrogen-bond acceptors (Lipinski definition) is 6. The number of fused-ring (bicyclic) bond motifs is 1. The Morgan fingerprint density at radius 1 is 0.964 bits per heavy atom. The van der Waals surface area contributed by atoms with E-state index in [1.165, 1.54) is 12.4 Å². The van der Waals surface area contributed by atoms with Gasteiger partial charge in [0, 0.05) is 40.6 Å². The summed E-state index contributed by atoms with van der Waals surface area (Å²) in [5.74, 6) is -1.22. The number of anilines is 1. The van der Waals surface area contributed by atoms with E-state index in [4.69, 9.17) is 10.5 Å². The summed E-state index contributed by atoms with van der Waals surface area (Å²) in [5.41, 5.74) is 7.39. The number of ether oxygens (including phenoxy) is 1. The van der Waals surface area contributed by atoms with Gasteiger partial charge in [0.05, 0.1) is 0 Å². The number of Topliss-reactive ketones (excluding diaryl/α,β-unsaturated/α-hetero) is 1. The van der Waals surface area contributed by atoms with Crippen LogP contribution in [0.3, 0.4) is 0 Å². The topological polar surface area (TPSA) is 111 Å². The first-order valence-corrected chi connectivity index (χ1v) is 8.58. The number of carbonyl (C=O) groups is 2. The first kappa shape index (κ1) is 17.4. The number of nitrogens with one attached hydrogen (secondary N) is 1. The van der Waals surface area contributed by atoms with Gasteiger partial charge < -0.3 is 15.5 Å². The lowest BCUT2D eigenvalue weighted by molar-refractivity contribution is 0.0275. The largest absolute Gasteiger partial charge is 0.444 e. The van der Waals surface area contributed by atoms with Crippen LogP contribution in [0, 0.1) is 0 Å². The van der Waals surface area contributed by atoms with E-state index in [1.54, 1.807) is 30.5 Å². The van der Waals surface area contributed by atoms with Gasteiger partial charge in [-0.05, 0) is 6.07 Å². The number of carbonyl (C=O) groups excluding carboxylic acids is 2. The molecular formula is C21H16N4O3. The molecule has 0 amide bonds. The number of aromatic amines is 1. The van der Waals surface area contributed by atoms with Gasteiger partial charge in [0.25, 0.3) is 0 Å². The van der Waals surface area contributed by atoms with Gasteiger partial charge in [0.2, 0.25) is 5.78 Å². The van der Waals surface area contributed by atoms with Crippen LogP contribution >= 0.6 is 0 Å². The number of nitrogens with zero attached hydrogens (tertiary/aromatic N) is 2. The molecule has 3 N–H and O–H groups in total. The average molecular weight is 372 g/mol. The van der Waals surface area contributed by atoms with Crippen molar-refractivity contribution in [3.8, 4) is 0 Å². The van der Waals surface area contributed by atoms with Crippen molar-refractivity contribution >= 4 is 28.5 Å². The highest BCUT2D eigenvalue weighted by molar-refractivity contribution is 6.11. The Kier molecular flexibility index (Phi) is 4.55. The minimum absolute atomic E-state index is 0.0566. The highest BCUT2D eigenvalue weighted by Crippen LogP contribution is 2.28. The Labute approximate surface area is 160 Å². The maximum atomic E-state index is 13.3. The number of benzene rings is 2. The highest BCUT2D eigenvalue weighted by atomic mass is 16.5. The molecular weight excluding hydrogens is 356 g/mol. The van der Waals surface area contributed by atoms with Crippen molar-refractivity contribution in [2.45, 2.75) is 6.10 Å². The monoisotopic (exact) mass is 372 g/mol. The van der Waals surface area contributed by atoms with E-state index in [1.807, 2.05) is 30.3 Å². The number of H-pyrrole nitrogens is 1. The Balaban J connectivity index is 1.73. The first-order valence-electron chi connectivity index (χ1n) is 8.58.